The van der Waals surface area contributed by atoms with Crippen LogP contribution in [0.25, 0.3) is 0 Å². The van der Waals surface area contributed by atoms with Gasteiger partial charge in [-0.1, -0.05) is 73.7 Å². The maximum absolute atomic E-state index is 5.78. The molecule has 1 aromatic heterocycles. The molecule has 0 unspecified atom stereocenters. The predicted molar refractivity (Wildman–Crippen MR) is 105 cm³/mol. The van der Waals surface area contributed by atoms with E-state index in [0.29, 0.717) is 12.5 Å². The highest BCUT2D eigenvalue weighted by atomic mass is 16.5. The Morgan fingerprint density at radius 1 is 0.885 bits per heavy atom. The van der Waals surface area contributed by atoms with Crippen molar-refractivity contribution in [2.45, 2.75) is 25.3 Å². The fourth-order valence-corrected chi connectivity index (χ4v) is 3.32. The molecule has 1 aliphatic rings. The van der Waals surface area contributed by atoms with Crippen LogP contribution in [-0.2, 0) is 4.74 Å². The van der Waals surface area contributed by atoms with Crippen molar-refractivity contribution in [1.82, 2.24) is 4.98 Å². The van der Waals surface area contributed by atoms with Gasteiger partial charge in [0.25, 0.3) is 0 Å². The monoisotopic (exact) mass is 342 g/mol. The molecule has 2 heterocycles. The number of pyridine rings is 1. The Morgan fingerprint density at radius 2 is 1.54 bits per heavy atom. The summed E-state index contributed by atoms with van der Waals surface area (Å²) in [5.74, 6) is 0.750. The summed E-state index contributed by atoms with van der Waals surface area (Å²) in [5, 5.41) is 0. The standard InChI is InChI=1S/C23H22N2O/c1-2-19-16-26-23(24-19)21-15-9-14-20(25-21)22(17-10-5-3-6-11-17)18-12-7-4-8-13-18/h3-15,19,22H,2,16H2,1H3/t19-/m0/s1. The van der Waals surface area contributed by atoms with E-state index in [-0.39, 0.29) is 12.0 Å². The molecule has 0 saturated carbocycles. The number of hydrogen-bond donors (Lipinski definition) is 0. The quantitative estimate of drug-likeness (QED) is 0.666. The van der Waals surface area contributed by atoms with Crippen LogP contribution < -0.4 is 0 Å². The van der Waals surface area contributed by atoms with Gasteiger partial charge in [0, 0.05) is 0 Å². The lowest BCUT2D eigenvalue weighted by Gasteiger charge is -2.18. The van der Waals surface area contributed by atoms with Crippen LogP contribution in [0, 0.1) is 0 Å². The van der Waals surface area contributed by atoms with Crippen molar-refractivity contribution >= 4 is 5.90 Å². The molecule has 3 nitrogen and oxygen atoms in total. The van der Waals surface area contributed by atoms with Crippen molar-refractivity contribution in [3.05, 3.63) is 101 Å². The zero-order valence-corrected chi connectivity index (χ0v) is 14.9. The summed E-state index contributed by atoms with van der Waals surface area (Å²) in [6, 6.07) is 27.4. The van der Waals surface area contributed by atoms with Crippen molar-refractivity contribution in [3.63, 3.8) is 0 Å². The van der Waals surface area contributed by atoms with E-state index in [1.54, 1.807) is 0 Å². The van der Waals surface area contributed by atoms with Crippen LogP contribution in [-0.4, -0.2) is 23.5 Å². The van der Waals surface area contributed by atoms with Gasteiger partial charge in [-0.05, 0) is 29.7 Å². The minimum Gasteiger partial charge on any atom is -0.474 e. The third-order valence-corrected chi connectivity index (χ3v) is 4.73. The van der Waals surface area contributed by atoms with Crippen molar-refractivity contribution in [2.75, 3.05) is 6.61 Å². The lowest BCUT2D eigenvalue weighted by atomic mass is 9.88. The number of hydrogen-bond acceptors (Lipinski definition) is 3. The number of nitrogens with zero attached hydrogens (tertiary/aromatic N) is 2. The molecule has 0 spiro atoms. The van der Waals surface area contributed by atoms with Crippen molar-refractivity contribution in [3.8, 4) is 0 Å². The number of rotatable bonds is 5. The molecule has 0 bridgehead atoms. The molecule has 0 fully saturated rings. The zero-order valence-electron chi connectivity index (χ0n) is 14.9. The van der Waals surface area contributed by atoms with Crippen molar-refractivity contribution in [1.29, 1.82) is 0 Å². The Hall–Kier alpha value is -2.94. The molecule has 1 aliphatic heterocycles. The van der Waals surface area contributed by atoms with E-state index in [4.69, 9.17) is 9.72 Å². The number of ether oxygens (including phenoxy) is 1. The molecule has 3 aromatic rings. The van der Waals surface area contributed by atoms with E-state index in [1.807, 2.05) is 24.3 Å². The molecule has 0 saturated heterocycles. The normalized spacial score (nSPS) is 16.4. The SMILES string of the molecule is CC[C@H]1COC(c2cccc(C(c3ccccc3)c3ccccc3)n2)=N1. The van der Waals surface area contributed by atoms with E-state index in [1.165, 1.54) is 11.1 Å². The van der Waals surface area contributed by atoms with Gasteiger partial charge >= 0.3 is 0 Å². The summed E-state index contributed by atoms with van der Waals surface area (Å²) in [7, 11) is 0. The maximum Gasteiger partial charge on any atom is 0.235 e. The van der Waals surface area contributed by atoms with E-state index in [9.17, 15) is 0 Å². The molecular weight excluding hydrogens is 320 g/mol. The summed E-state index contributed by atoms with van der Waals surface area (Å²) >= 11 is 0. The molecule has 0 radical (unpaired) electrons. The highest BCUT2D eigenvalue weighted by molar-refractivity contribution is 5.93. The Bertz CT molecular complexity index is 851. The topological polar surface area (TPSA) is 34.5 Å². The first kappa shape index (κ1) is 16.5. The van der Waals surface area contributed by atoms with Gasteiger partial charge < -0.3 is 4.74 Å². The van der Waals surface area contributed by atoms with Crippen molar-refractivity contribution in [2.24, 2.45) is 4.99 Å². The predicted octanol–water partition coefficient (Wildman–Crippen LogP) is 4.82. The van der Waals surface area contributed by atoms with Gasteiger partial charge in [0.1, 0.15) is 12.3 Å². The number of benzene rings is 2. The van der Waals surface area contributed by atoms with Crippen LogP contribution in [0.4, 0.5) is 0 Å². The van der Waals surface area contributed by atoms with Gasteiger partial charge in [-0.15, -0.1) is 0 Å². The summed E-state index contributed by atoms with van der Waals surface area (Å²) < 4.78 is 5.78. The molecule has 3 heteroatoms. The third-order valence-electron chi connectivity index (χ3n) is 4.73. The first-order valence-electron chi connectivity index (χ1n) is 9.13. The van der Waals surface area contributed by atoms with Crippen LogP contribution in [0.15, 0.2) is 83.9 Å². The van der Waals surface area contributed by atoms with Gasteiger partial charge in [-0.2, -0.15) is 0 Å². The Balaban J connectivity index is 1.76. The van der Waals surface area contributed by atoms with E-state index in [2.05, 4.69) is 66.5 Å². The third kappa shape index (κ3) is 3.38. The summed E-state index contributed by atoms with van der Waals surface area (Å²) in [5.41, 5.74) is 4.27. The fourth-order valence-electron chi connectivity index (χ4n) is 3.32. The summed E-state index contributed by atoms with van der Waals surface area (Å²) in [6.45, 7) is 2.78. The van der Waals surface area contributed by atoms with E-state index in [0.717, 1.165) is 17.8 Å². The molecule has 0 amide bonds. The second-order valence-electron chi connectivity index (χ2n) is 6.51. The first-order valence-corrected chi connectivity index (χ1v) is 9.13. The van der Waals surface area contributed by atoms with Gasteiger partial charge in [-0.25, -0.2) is 9.98 Å². The lowest BCUT2D eigenvalue weighted by Crippen LogP contribution is -2.10. The smallest absolute Gasteiger partial charge is 0.235 e. The molecule has 4 rings (SSSR count). The second-order valence-corrected chi connectivity index (χ2v) is 6.51. The largest absolute Gasteiger partial charge is 0.474 e. The van der Waals surface area contributed by atoms with Gasteiger partial charge in [0.15, 0.2) is 0 Å². The zero-order chi connectivity index (χ0) is 17.8. The Kier molecular flexibility index (Phi) is 4.78. The van der Waals surface area contributed by atoms with Gasteiger partial charge in [0.2, 0.25) is 5.90 Å². The van der Waals surface area contributed by atoms with Crippen LogP contribution in [0.2, 0.25) is 0 Å². The Morgan fingerprint density at radius 3 is 2.12 bits per heavy atom. The molecule has 2 aromatic carbocycles. The van der Waals surface area contributed by atoms with Gasteiger partial charge in [-0.3, -0.25) is 0 Å². The van der Waals surface area contributed by atoms with Gasteiger partial charge in [0.05, 0.1) is 17.7 Å². The molecular formula is C23H22N2O. The molecule has 130 valence electrons. The lowest BCUT2D eigenvalue weighted by molar-refractivity contribution is 0.314. The number of aliphatic imine (C=N–C) groups is 1. The molecule has 26 heavy (non-hydrogen) atoms. The minimum atomic E-state index is 0.0846. The molecule has 0 N–H and O–H groups in total. The maximum atomic E-state index is 5.78. The van der Waals surface area contributed by atoms with Crippen molar-refractivity contribution < 1.29 is 4.74 Å². The van der Waals surface area contributed by atoms with Crippen LogP contribution in [0.5, 0.6) is 0 Å². The summed E-state index contributed by atoms with van der Waals surface area (Å²) in [4.78, 5) is 9.58. The van der Waals surface area contributed by atoms with Crippen LogP contribution in [0.3, 0.4) is 0 Å². The average Bonchev–Trinajstić information content (AvgIpc) is 3.20. The van der Waals surface area contributed by atoms with E-state index >= 15 is 0 Å². The molecule has 1 atom stereocenters. The van der Waals surface area contributed by atoms with Crippen LogP contribution >= 0.6 is 0 Å². The second kappa shape index (κ2) is 7.52. The van der Waals surface area contributed by atoms with Crippen LogP contribution in [0.1, 0.15) is 41.8 Å². The average molecular weight is 342 g/mol. The highest BCUT2D eigenvalue weighted by Gasteiger charge is 2.22. The van der Waals surface area contributed by atoms with E-state index < -0.39 is 0 Å². The Labute approximate surface area is 154 Å². The first-order chi connectivity index (χ1) is 12.8. The number of aromatic nitrogens is 1. The summed E-state index contributed by atoms with van der Waals surface area (Å²) in [6.07, 6.45) is 0.986. The fraction of sp³-hybridized carbons (Fsp3) is 0.217. The molecule has 0 aliphatic carbocycles. The highest BCUT2D eigenvalue weighted by Crippen LogP contribution is 2.30. The minimum absolute atomic E-state index is 0.0846.